The van der Waals surface area contributed by atoms with Crippen LogP contribution in [0.25, 0.3) is 0 Å². The summed E-state index contributed by atoms with van der Waals surface area (Å²) in [6.45, 7) is 0. The number of ether oxygens (including phenoxy) is 2. The molecule has 2 atom stereocenters. The lowest BCUT2D eigenvalue weighted by Gasteiger charge is -2.25. The van der Waals surface area contributed by atoms with E-state index in [1.165, 1.54) is 25.3 Å². The van der Waals surface area contributed by atoms with E-state index in [1.807, 2.05) is 18.4 Å². The second-order valence-corrected chi connectivity index (χ2v) is 9.64. The van der Waals surface area contributed by atoms with Gasteiger partial charge in [-0.05, 0) is 89.5 Å². The highest BCUT2D eigenvalue weighted by molar-refractivity contribution is 14.1. The summed E-state index contributed by atoms with van der Waals surface area (Å²) in [7, 11) is 1.42. The molecule has 2 amide bonds. The topological polar surface area (TPSA) is 123 Å². The number of benzene rings is 3. The molecule has 0 heterocycles. The first-order valence-electron chi connectivity index (χ1n) is 10.8. The van der Waals surface area contributed by atoms with Crippen LogP contribution in [0.1, 0.15) is 11.7 Å². The molecule has 5 N–H and O–H groups in total. The van der Waals surface area contributed by atoms with Crippen LogP contribution >= 0.6 is 34.4 Å². The third-order valence-corrected chi connectivity index (χ3v) is 6.51. The molecule has 0 saturated heterocycles. The third kappa shape index (κ3) is 7.64. The van der Waals surface area contributed by atoms with Crippen LogP contribution in [0.4, 0.5) is 21.9 Å². The molecular formula is C26H26IN3O5S. The average Bonchev–Trinajstić information content (AvgIpc) is 2.87. The van der Waals surface area contributed by atoms with Crippen molar-refractivity contribution in [2.24, 2.45) is 0 Å². The standard InChI is InChI=1S/C26H26IN3O5S/c1-34-23(13-14-24(32)30-21-6-4-3-5-20(21)28)25(19-15-16(27)7-12-22(19)31)35-26(33)29-17-8-10-18(36-2)11-9-17/h3-15,23,25,31H,28H2,1-2H3,(H,29,33)(H,30,32)/b14-13+/t23-,25-/m0/s1. The van der Waals surface area contributed by atoms with Crippen molar-refractivity contribution in [3.05, 3.63) is 88.0 Å². The number of halogens is 1. The number of aromatic hydroxyl groups is 1. The Bertz CT molecular complexity index is 1240. The normalized spacial score (nSPS) is 12.6. The number of hydrogen-bond acceptors (Lipinski definition) is 7. The second-order valence-electron chi connectivity index (χ2n) is 7.52. The van der Waals surface area contributed by atoms with E-state index < -0.39 is 24.2 Å². The van der Waals surface area contributed by atoms with Gasteiger partial charge in [-0.3, -0.25) is 10.1 Å². The number of phenolic OH excluding ortho intramolecular Hbond substituents is 1. The summed E-state index contributed by atoms with van der Waals surface area (Å²) < 4.78 is 12.1. The molecule has 0 spiro atoms. The van der Waals surface area contributed by atoms with Crippen molar-refractivity contribution in [2.45, 2.75) is 17.1 Å². The largest absolute Gasteiger partial charge is 0.508 e. The van der Waals surface area contributed by atoms with Gasteiger partial charge < -0.3 is 25.6 Å². The number of carbonyl (C=O) groups excluding carboxylic acids is 2. The molecule has 0 aliphatic rings. The molecule has 36 heavy (non-hydrogen) atoms. The lowest BCUT2D eigenvalue weighted by Crippen LogP contribution is -2.27. The lowest BCUT2D eigenvalue weighted by molar-refractivity contribution is -0.112. The molecule has 8 nitrogen and oxygen atoms in total. The molecule has 0 aliphatic heterocycles. The number of nitrogen functional groups attached to an aromatic ring is 1. The summed E-state index contributed by atoms with van der Waals surface area (Å²) in [6, 6.07) is 19.1. The average molecular weight is 619 g/mol. The fourth-order valence-corrected chi connectivity index (χ4v) is 4.19. The maximum atomic E-state index is 12.8. The Morgan fingerprint density at radius 2 is 1.81 bits per heavy atom. The molecule has 0 saturated carbocycles. The Hall–Kier alpha value is -3.22. The highest BCUT2D eigenvalue weighted by Gasteiger charge is 2.28. The molecule has 3 aromatic carbocycles. The van der Waals surface area contributed by atoms with Crippen LogP contribution in [0, 0.1) is 3.57 Å². The molecule has 0 radical (unpaired) electrons. The molecule has 0 fully saturated rings. The predicted molar refractivity (Wildman–Crippen MR) is 151 cm³/mol. The Morgan fingerprint density at radius 3 is 2.47 bits per heavy atom. The van der Waals surface area contributed by atoms with Gasteiger partial charge in [0, 0.05) is 32.9 Å². The van der Waals surface area contributed by atoms with Gasteiger partial charge in [-0.25, -0.2) is 4.79 Å². The van der Waals surface area contributed by atoms with Crippen LogP contribution in [0.2, 0.25) is 0 Å². The number of thioether (sulfide) groups is 1. The Morgan fingerprint density at radius 1 is 1.08 bits per heavy atom. The van der Waals surface area contributed by atoms with Crippen molar-refractivity contribution in [3.63, 3.8) is 0 Å². The minimum absolute atomic E-state index is 0.0745. The molecule has 0 bridgehead atoms. The second kappa shape index (κ2) is 13.2. The monoisotopic (exact) mass is 619 g/mol. The van der Waals surface area contributed by atoms with Gasteiger partial charge in [0.2, 0.25) is 5.91 Å². The summed E-state index contributed by atoms with van der Waals surface area (Å²) >= 11 is 3.68. The zero-order chi connectivity index (χ0) is 26.1. The molecule has 3 rings (SSSR count). The first kappa shape index (κ1) is 27.4. The van der Waals surface area contributed by atoms with E-state index in [0.717, 1.165) is 8.47 Å². The van der Waals surface area contributed by atoms with E-state index in [1.54, 1.807) is 60.3 Å². The minimum Gasteiger partial charge on any atom is -0.508 e. The molecule has 0 unspecified atom stereocenters. The Labute approximate surface area is 227 Å². The number of anilines is 3. The van der Waals surface area contributed by atoms with Crippen molar-refractivity contribution in [1.29, 1.82) is 0 Å². The number of para-hydroxylation sites is 2. The minimum atomic E-state index is -1.05. The van der Waals surface area contributed by atoms with Crippen molar-refractivity contribution in [2.75, 3.05) is 29.7 Å². The lowest BCUT2D eigenvalue weighted by atomic mass is 10.0. The van der Waals surface area contributed by atoms with Gasteiger partial charge in [0.25, 0.3) is 0 Å². The highest BCUT2D eigenvalue weighted by atomic mass is 127. The zero-order valence-corrected chi connectivity index (χ0v) is 22.6. The number of nitrogens with two attached hydrogens (primary N) is 1. The highest BCUT2D eigenvalue weighted by Crippen LogP contribution is 2.33. The molecule has 0 aromatic heterocycles. The number of hydrogen-bond donors (Lipinski definition) is 4. The van der Waals surface area contributed by atoms with Gasteiger partial charge in [0.05, 0.1) is 11.4 Å². The number of methoxy groups -OCH3 is 1. The summed E-state index contributed by atoms with van der Waals surface area (Å²) in [5.74, 6) is -0.520. The molecular weight excluding hydrogens is 593 g/mol. The van der Waals surface area contributed by atoms with Gasteiger partial charge in [-0.15, -0.1) is 11.8 Å². The molecule has 10 heteroatoms. The summed E-state index contributed by atoms with van der Waals surface area (Å²) in [5, 5.41) is 15.9. The fourth-order valence-electron chi connectivity index (χ4n) is 3.27. The number of amides is 2. The van der Waals surface area contributed by atoms with Crippen molar-refractivity contribution < 1.29 is 24.2 Å². The summed E-state index contributed by atoms with van der Waals surface area (Å²) in [6.07, 6.45) is 1.99. The fraction of sp³-hybridized carbons (Fsp3) is 0.154. The van der Waals surface area contributed by atoms with Gasteiger partial charge in [-0.1, -0.05) is 12.1 Å². The van der Waals surface area contributed by atoms with Crippen molar-refractivity contribution in [3.8, 4) is 5.75 Å². The van der Waals surface area contributed by atoms with E-state index in [0.29, 0.717) is 22.6 Å². The number of carbonyl (C=O) groups is 2. The molecule has 3 aromatic rings. The van der Waals surface area contributed by atoms with Crippen LogP contribution in [0.3, 0.4) is 0 Å². The quantitative estimate of drug-likeness (QED) is 0.103. The van der Waals surface area contributed by atoms with E-state index in [9.17, 15) is 14.7 Å². The van der Waals surface area contributed by atoms with Crippen LogP contribution in [0.15, 0.2) is 83.8 Å². The van der Waals surface area contributed by atoms with Crippen LogP contribution in [-0.2, 0) is 14.3 Å². The van der Waals surface area contributed by atoms with Gasteiger partial charge in [-0.2, -0.15) is 0 Å². The van der Waals surface area contributed by atoms with E-state index in [4.69, 9.17) is 15.2 Å². The third-order valence-electron chi connectivity index (χ3n) is 5.09. The van der Waals surface area contributed by atoms with Gasteiger partial charge in [0.1, 0.15) is 11.9 Å². The van der Waals surface area contributed by atoms with Crippen LogP contribution in [0.5, 0.6) is 5.75 Å². The Kier molecular flexibility index (Phi) is 10.0. The first-order chi connectivity index (χ1) is 17.3. The number of rotatable bonds is 9. The first-order valence-corrected chi connectivity index (χ1v) is 13.1. The van der Waals surface area contributed by atoms with Crippen LogP contribution < -0.4 is 16.4 Å². The van der Waals surface area contributed by atoms with Gasteiger partial charge >= 0.3 is 6.09 Å². The smallest absolute Gasteiger partial charge is 0.412 e. The zero-order valence-electron chi connectivity index (χ0n) is 19.6. The SMILES string of the molecule is CO[C@@H](/C=C/C(=O)Nc1ccccc1N)[C@@H](OC(=O)Nc1ccc(SC)cc1)c1cc(I)ccc1O. The van der Waals surface area contributed by atoms with Crippen LogP contribution in [-0.4, -0.2) is 36.6 Å². The van der Waals surface area contributed by atoms with E-state index in [2.05, 4.69) is 33.2 Å². The number of phenols is 1. The summed E-state index contributed by atoms with van der Waals surface area (Å²) in [4.78, 5) is 26.3. The number of nitrogens with one attached hydrogen (secondary N) is 2. The van der Waals surface area contributed by atoms with Crippen molar-refractivity contribution in [1.82, 2.24) is 0 Å². The maximum Gasteiger partial charge on any atom is 0.412 e. The molecule has 188 valence electrons. The molecule has 0 aliphatic carbocycles. The van der Waals surface area contributed by atoms with E-state index in [-0.39, 0.29) is 5.75 Å². The van der Waals surface area contributed by atoms with E-state index >= 15 is 0 Å². The van der Waals surface area contributed by atoms with Gasteiger partial charge in [0.15, 0.2) is 6.10 Å². The predicted octanol–water partition coefficient (Wildman–Crippen LogP) is 5.80. The summed E-state index contributed by atoms with van der Waals surface area (Å²) in [5.41, 5.74) is 7.66. The Balaban J connectivity index is 1.82. The van der Waals surface area contributed by atoms with Crippen molar-refractivity contribution >= 4 is 63.4 Å². The maximum absolute atomic E-state index is 12.8.